The average molecular weight is 274 g/mol. The minimum Gasteiger partial charge on any atom is -0.377 e. The molecule has 1 fully saturated rings. The van der Waals surface area contributed by atoms with E-state index >= 15 is 0 Å². The van der Waals surface area contributed by atoms with Gasteiger partial charge in [-0.2, -0.15) is 0 Å². The van der Waals surface area contributed by atoms with Crippen molar-refractivity contribution in [3.63, 3.8) is 0 Å². The van der Waals surface area contributed by atoms with Gasteiger partial charge in [0.25, 0.3) is 0 Å². The second-order valence-corrected chi connectivity index (χ2v) is 4.84. The summed E-state index contributed by atoms with van der Waals surface area (Å²) in [5, 5.41) is 3.15. The molecule has 2 rings (SSSR count). The van der Waals surface area contributed by atoms with Crippen LogP contribution < -0.4 is 11.1 Å². The fourth-order valence-electron chi connectivity index (χ4n) is 2.42. The Morgan fingerprint density at radius 3 is 2.42 bits per heavy atom. The van der Waals surface area contributed by atoms with E-state index in [1.54, 1.807) is 0 Å². The van der Waals surface area contributed by atoms with E-state index in [4.69, 9.17) is 10.5 Å². The summed E-state index contributed by atoms with van der Waals surface area (Å²) in [6.07, 6.45) is 0.0374. The first-order valence-corrected chi connectivity index (χ1v) is 6.16. The molecule has 1 aliphatic heterocycles. The number of ether oxygens (including phenoxy) is 1. The van der Waals surface area contributed by atoms with E-state index in [1.165, 1.54) is 7.11 Å². The maximum absolute atomic E-state index is 13.2. The summed E-state index contributed by atoms with van der Waals surface area (Å²) in [7, 11) is 1.46. The van der Waals surface area contributed by atoms with Crippen LogP contribution in [0.2, 0.25) is 0 Å². The van der Waals surface area contributed by atoms with Gasteiger partial charge in [0.1, 0.15) is 0 Å². The van der Waals surface area contributed by atoms with Crippen molar-refractivity contribution in [3.05, 3.63) is 35.1 Å². The topological polar surface area (TPSA) is 47.3 Å². The predicted octanol–water partition coefficient (Wildman–Crippen LogP) is 1.73. The van der Waals surface area contributed by atoms with E-state index in [2.05, 4.69) is 5.32 Å². The standard InChI is InChI=1S/C13H17F3N2O/c1-19-12(4-8-5-18-6-11(8)17)7-2-9(14)13(16)10(15)3-7/h2-3,8,11-12,18H,4-6,17H2,1H3/t8-,11-,12?/m1/s1. The van der Waals surface area contributed by atoms with Crippen LogP contribution in [0.15, 0.2) is 12.1 Å². The van der Waals surface area contributed by atoms with Crippen LogP contribution in [-0.4, -0.2) is 26.2 Å². The Bertz CT molecular complexity index is 433. The first-order chi connectivity index (χ1) is 9.02. The van der Waals surface area contributed by atoms with E-state index in [9.17, 15) is 13.2 Å². The monoisotopic (exact) mass is 274 g/mol. The molecule has 1 aliphatic rings. The number of benzene rings is 1. The molecule has 106 valence electrons. The minimum absolute atomic E-state index is 0.00667. The Labute approximate surface area is 109 Å². The van der Waals surface area contributed by atoms with Crippen LogP contribution in [-0.2, 0) is 4.74 Å². The zero-order valence-corrected chi connectivity index (χ0v) is 10.6. The van der Waals surface area contributed by atoms with Gasteiger partial charge in [-0.05, 0) is 36.6 Å². The van der Waals surface area contributed by atoms with Gasteiger partial charge in [0.2, 0.25) is 0 Å². The molecule has 1 unspecified atom stereocenters. The van der Waals surface area contributed by atoms with Crippen molar-refractivity contribution in [2.24, 2.45) is 11.7 Å². The normalized spacial score (nSPS) is 24.7. The van der Waals surface area contributed by atoms with Crippen LogP contribution >= 0.6 is 0 Å². The Hall–Kier alpha value is -1.11. The highest BCUT2D eigenvalue weighted by atomic mass is 19.2. The average Bonchev–Trinajstić information content (AvgIpc) is 2.78. The third-order valence-corrected chi connectivity index (χ3v) is 3.57. The second-order valence-electron chi connectivity index (χ2n) is 4.84. The van der Waals surface area contributed by atoms with Crippen molar-refractivity contribution in [1.82, 2.24) is 5.32 Å². The summed E-state index contributed by atoms with van der Waals surface area (Å²) in [4.78, 5) is 0. The lowest BCUT2D eigenvalue weighted by Crippen LogP contribution is -2.30. The van der Waals surface area contributed by atoms with Crippen molar-refractivity contribution < 1.29 is 17.9 Å². The van der Waals surface area contributed by atoms with E-state index in [1.807, 2.05) is 0 Å². The summed E-state index contributed by atoms with van der Waals surface area (Å²) >= 11 is 0. The third kappa shape index (κ3) is 3.08. The Kier molecular flexibility index (Phi) is 4.44. The molecule has 1 aromatic carbocycles. The van der Waals surface area contributed by atoms with Gasteiger partial charge in [-0.25, -0.2) is 13.2 Å². The second kappa shape index (κ2) is 5.90. The predicted molar refractivity (Wildman–Crippen MR) is 65.0 cm³/mol. The van der Waals surface area contributed by atoms with Crippen LogP contribution in [0, 0.1) is 23.4 Å². The van der Waals surface area contributed by atoms with Crippen molar-refractivity contribution in [3.8, 4) is 0 Å². The number of hydrogen-bond donors (Lipinski definition) is 2. The molecule has 1 saturated heterocycles. The molecule has 3 nitrogen and oxygen atoms in total. The molecular weight excluding hydrogens is 257 g/mol. The van der Waals surface area contributed by atoms with Crippen molar-refractivity contribution in [2.75, 3.05) is 20.2 Å². The summed E-state index contributed by atoms with van der Waals surface area (Å²) < 4.78 is 44.6. The van der Waals surface area contributed by atoms with Crippen molar-refractivity contribution in [2.45, 2.75) is 18.6 Å². The van der Waals surface area contributed by atoms with Crippen LogP contribution in [0.5, 0.6) is 0 Å². The van der Waals surface area contributed by atoms with Crippen LogP contribution in [0.3, 0.4) is 0 Å². The number of methoxy groups -OCH3 is 1. The molecule has 0 aromatic heterocycles. The maximum Gasteiger partial charge on any atom is 0.194 e. The summed E-state index contributed by atoms with van der Waals surface area (Å²) in [5.41, 5.74) is 6.21. The highest BCUT2D eigenvalue weighted by Gasteiger charge is 2.28. The van der Waals surface area contributed by atoms with Gasteiger partial charge in [0.05, 0.1) is 6.10 Å². The van der Waals surface area contributed by atoms with E-state index in [-0.39, 0.29) is 17.5 Å². The number of nitrogens with two attached hydrogens (primary N) is 1. The molecule has 0 saturated carbocycles. The number of rotatable bonds is 4. The van der Waals surface area contributed by atoms with Crippen LogP contribution in [0.25, 0.3) is 0 Å². The zero-order valence-electron chi connectivity index (χ0n) is 10.6. The van der Waals surface area contributed by atoms with Gasteiger partial charge in [-0.1, -0.05) is 0 Å². The van der Waals surface area contributed by atoms with Gasteiger partial charge in [0.15, 0.2) is 17.5 Å². The van der Waals surface area contributed by atoms with Gasteiger partial charge in [0, 0.05) is 19.7 Å². The molecule has 1 aromatic rings. The number of halogens is 3. The van der Waals surface area contributed by atoms with Gasteiger partial charge in [-0.3, -0.25) is 0 Å². The summed E-state index contributed by atoms with van der Waals surface area (Å²) in [5.74, 6) is -3.70. The molecule has 1 heterocycles. The van der Waals surface area contributed by atoms with Gasteiger partial charge >= 0.3 is 0 Å². The SMILES string of the molecule is COC(C[C@@H]1CNC[C@H]1N)c1cc(F)c(F)c(F)c1. The Morgan fingerprint density at radius 2 is 1.95 bits per heavy atom. The third-order valence-electron chi connectivity index (χ3n) is 3.57. The molecule has 0 bridgehead atoms. The Balaban J connectivity index is 2.17. The molecule has 3 N–H and O–H groups in total. The number of nitrogens with one attached hydrogen (secondary N) is 1. The lowest BCUT2D eigenvalue weighted by Gasteiger charge is -2.22. The lowest BCUT2D eigenvalue weighted by molar-refractivity contribution is 0.0797. The summed E-state index contributed by atoms with van der Waals surface area (Å²) in [6.45, 7) is 1.46. The molecule has 0 radical (unpaired) electrons. The maximum atomic E-state index is 13.2. The zero-order chi connectivity index (χ0) is 14.0. The van der Waals surface area contributed by atoms with E-state index in [0.29, 0.717) is 13.0 Å². The summed E-state index contributed by atoms with van der Waals surface area (Å²) in [6, 6.07) is 1.94. The van der Waals surface area contributed by atoms with Crippen LogP contribution in [0.1, 0.15) is 18.1 Å². The number of hydrogen-bond acceptors (Lipinski definition) is 3. The molecule has 0 spiro atoms. The van der Waals surface area contributed by atoms with Crippen molar-refractivity contribution in [1.29, 1.82) is 0 Å². The smallest absolute Gasteiger partial charge is 0.194 e. The first-order valence-electron chi connectivity index (χ1n) is 6.16. The minimum atomic E-state index is -1.46. The quantitative estimate of drug-likeness (QED) is 0.822. The highest BCUT2D eigenvalue weighted by Crippen LogP contribution is 2.29. The fourth-order valence-corrected chi connectivity index (χ4v) is 2.42. The molecule has 0 amide bonds. The molecular formula is C13H17F3N2O. The fraction of sp³-hybridized carbons (Fsp3) is 0.538. The molecule has 3 atom stereocenters. The molecule has 19 heavy (non-hydrogen) atoms. The Morgan fingerprint density at radius 1 is 1.32 bits per heavy atom. The van der Waals surface area contributed by atoms with Gasteiger partial charge in [-0.15, -0.1) is 0 Å². The highest BCUT2D eigenvalue weighted by molar-refractivity contribution is 5.22. The lowest BCUT2D eigenvalue weighted by atomic mass is 9.93. The first kappa shape index (κ1) is 14.3. The van der Waals surface area contributed by atoms with E-state index < -0.39 is 23.6 Å². The molecule has 0 aliphatic carbocycles. The van der Waals surface area contributed by atoms with Crippen LogP contribution in [0.4, 0.5) is 13.2 Å². The van der Waals surface area contributed by atoms with Gasteiger partial charge < -0.3 is 15.8 Å². The molecule has 6 heteroatoms. The largest absolute Gasteiger partial charge is 0.377 e. The van der Waals surface area contributed by atoms with Crippen molar-refractivity contribution >= 4 is 0 Å². The van der Waals surface area contributed by atoms with E-state index in [0.717, 1.165) is 18.7 Å².